The highest BCUT2D eigenvalue weighted by atomic mass is 16.6. The van der Waals surface area contributed by atoms with E-state index in [1.54, 1.807) is 4.90 Å². The molecule has 22 heavy (non-hydrogen) atoms. The second-order valence-corrected chi connectivity index (χ2v) is 6.78. The van der Waals surface area contributed by atoms with Crippen molar-refractivity contribution in [1.29, 1.82) is 0 Å². The molecule has 1 aliphatic heterocycles. The molecule has 1 fully saturated rings. The Morgan fingerprint density at radius 2 is 2.18 bits per heavy atom. The Hall–Kier alpha value is -0.890. The standard InChI is InChI=1S/C15H30N2O5/c1-11(16-8-13(19)9-18)7-12-10-21-6-5-17(12)14(20)22-15(2,3)4/h11-13,16,18-19H,5-10H2,1-4H3. The molecule has 3 N–H and O–H groups in total. The zero-order chi connectivity index (χ0) is 16.8. The third-order valence-electron chi connectivity index (χ3n) is 3.39. The number of carbonyl (C=O) groups is 1. The molecule has 3 atom stereocenters. The number of hydrogen-bond donors (Lipinski definition) is 3. The van der Waals surface area contributed by atoms with E-state index >= 15 is 0 Å². The van der Waals surface area contributed by atoms with Crippen LogP contribution in [0.2, 0.25) is 0 Å². The molecule has 0 aromatic rings. The predicted molar refractivity (Wildman–Crippen MR) is 82.7 cm³/mol. The van der Waals surface area contributed by atoms with Crippen molar-refractivity contribution in [1.82, 2.24) is 10.2 Å². The molecule has 1 rings (SSSR count). The lowest BCUT2D eigenvalue weighted by atomic mass is 10.1. The third-order valence-corrected chi connectivity index (χ3v) is 3.39. The predicted octanol–water partition coefficient (Wildman–Crippen LogP) is 0.344. The largest absolute Gasteiger partial charge is 0.444 e. The van der Waals surface area contributed by atoms with Gasteiger partial charge in [-0.25, -0.2) is 4.79 Å². The lowest BCUT2D eigenvalue weighted by Crippen LogP contribution is -2.52. The highest BCUT2D eigenvalue weighted by Crippen LogP contribution is 2.17. The first kappa shape index (κ1) is 19.2. The number of rotatable bonds is 6. The van der Waals surface area contributed by atoms with Gasteiger partial charge in [0.1, 0.15) is 5.60 Å². The molecule has 130 valence electrons. The molecular weight excluding hydrogens is 288 g/mol. The van der Waals surface area contributed by atoms with Crippen molar-refractivity contribution in [3.63, 3.8) is 0 Å². The maximum atomic E-state index is 12.3. The van der Waals surface area contributed by atoms with Crippen molar-refractivity contribution in [3.8, 4) is 0 Å². The van der Waals surface area contributed by atoms with Crippen molar-refractivity contribution in [3.05, 3.63) is 0 Å². The summed E-state index contributed by atoms with van der Waals surface area (Å²) in [4.78, 5) is 14.0. The zero-order valence-electron chi connectivity index (χ0n) is 14.0. The van der Waals surface area contributed by atoms with Gasteiger partial charge in [-0.2, -0.15) is 0 Å². The van der Waals surface area contributed by atoms with Crippen molar-refractivity contribution in [2.75, 3.05) is 32.9 Å². The molecule has 0 spiro atoms. The topological polar surface area (TPSA) is 91.3 Å². The summed E-state index contributed by atoms with van der Waals surface area (Å²) in [6.45, 7) is 9.09. The van der Waals surface area contributed by atoms with Crippen LogP contribution in [0.4, 0.5) is 4.79 Å². The Morgan fingerprint density at radius 3 is 2.77 bits per heavy atom. The molecule has 3 unspecified atom stereocenters. The number of amides is 1. The minimum absolute atomic E-state index is 0.0580. The van der Waals surface area contributed by atoms with E-state index in [1.807, 2.05) is 27.7 Å². The minimum atomic E-state index is -0.771. The van der Waals surface area contributed by atoms with Crippen LogP contribution in [0.5, 0.6) is 0 Å². The molecule has 1 saturated heterocycles. The normalized spacial score (nSPS) is 22.3. The van der Waals surface area contributed by atoms with Crippen LogP contribution in [0.25, 0.3) is 0 Å². The smallest absolute Gasteiger partial charge is 0.410 e. The van der Waals surface area contributed by atoms with Gasteiger partial charge < -0.3 is 29.9 Å². The van der Waals surface area contributed by atoms with E-state index in [0.29, 0.717) is 32.7 Å². The second-order valence-electron chi connectivity index (χ2n) is 6.78. The molecule has 1 amide bonds. The van der Waals surface area contributed by atoms with Crippen molar-refractivity contribution >= 4 is 6.09 Å². The molecule has 0 aromatic heterocycles. The molecule has 0 radical (unpaired) electrons. The maximum absolute atomic E-state index is 12.3. The summed E-state index contributed by atoms with van der Waals surface area (Å²) in [5, 5.41) is 21.3. The summed E-state index contributed by atoms with van der Waals surface area (Å²) in [5.41, 5.74) is -0.519. The van der Waals surface area contributed by atoms with E-state index in [0.717, 1.165) is 0 Å². The summed E-state index contributed by atoms with van der Waals surface area (Å²) >= 11 is 0. The fourth-order valence-corrected chi connectivity index (χ4v) is 2.30. The number of nitrogens with one attached hydrogen (secondary N) is 1. The number of aliphatic hydroxyl groups is 2. The van der Waals surface area contributed by atoms with Gasteiger partial charge in [-0.15, -0.1) is 0 Å². The van der Waals surface area contributed by atoms with Gasteiger partial charge in [0.2, 0.25) is 0 Å². The number of aliphatic hydroxyl groups excluding tert-OH is 2. The van der Waals surface area contributed by atoms with Crippen LogP contribution in [0, 0.1) is 0 Å². The molecular formula is C15H30N2O5. The third kappa shape index (κ3) is 6.91. The highest BCUT2D eigenvalue weighted by Gasteiger charge is 2.31. The van der Waals surface area contributed by atoms with E-state index in [4.69, 9.17) is 14.6 Å². The van der Waals surface area contributed by atoms with Gasteiger partial charge in [0.25, 0.3) is 0 Å². The molecule has 0 aromatic carbocycles. The molecule has 1 heterocycles. The molecule has 0 bridgehead atoms. The van der Waals surface area contributed by atoms with Crippen molar-refractivity contribution < 1.29 is 24.5 Å². The first-order valence-corrected chi connectivity index (χ1v) is 7.82. The van der Waals surface area contributed by atoms with Gasteiger partial charge in [-0.05, 0) is 34.1 Å². The monoisotopic (exact) mass is 318 g/mol. The summed E-state index contributed by atoms with van der Waals surface area (Å²) in [7, 11) is 0. The van der Waals surface area contributed by atoms with Gasteiger partial charge in [-0.3, -0.25) is 0 Å². The van der Waals surface area contributed by atoms with Crippen LogP contribution in [-0.4, -0.2) is 77.9 Å². The fourth-order valence-electron chi connectivity index (χ4n) is 2.30. The highest BCUT2D eigenvalue weighted by molar-refractivity contribution is 5.68. The molecule has 0 saturated carbocycles. The van der Waals surface area contributed by atoms with Crippen LogP contribution >= 0.6 is 0 Å². The van der Waals surface area contributed by atoms with Crippen molar-refractivity contribution in [2.45, 2.75) is 57.9 Å². The minimum Gasteiger partial charge on any atom is -0.444 e. The van der Waals surface area contributed by atoms with Crippen molar-refractivity contribution in [2.24, 2.45) is 0 Å². The van der Waals surface area contributed by atoms with E-state index in [-0.39, 0.29) is 24.8 Å². The zero-order valence-corrected chi connectivity index (χ0v) is 14.0. The Balaban J connectivity index is 2.52. The molecule has 0 aliphatic carbocycles. The Morgan fingerprint density at radius 1 is 1.50 bits per heavy atom. The maximum Gasteiger partial charge on any atom is 0.410 e. The van der Waals surface area contributed by atoms with Gasteiger partial charge in [-0.1, -0.05) is 0 Å². The van der Waals surface area contributed by atoms with E-state index in [2.05, 4.69) is 5.32 Å². The average Bonchev–Trinajstić information content (AvgIpc) is 2.43. The average molecular weight is 318 g/mol. The van der Waals surface area contributed by atoms with Crippen LogP contribution in [0.15, 0.2) is 0 Å². The van der Waals surface area contributed by atoms with Crippen LogP contribution in [0.3, 0.4) is 0 Å². The van der Waals surface area contributed by atoms with E-state index in [1.165, 1.54) is 0 Å². The summed E-state index contributed by atoms with van der Waals surface area (Å²) in [6.07, 6.45) is -0.396. The Labute approximate surface area is 132 Å². The van der Waals surface area contributed by atoms with Crippen LogP contribution in [0.1, 0.15) is 34.1 Å². The number of ether oxygens (including phenoxy) is 2. The first-order valence-electron chi connectivity index (χ1n) is 7.82. The van der Waals surface area contributed by atoms with Gasteiger partial charge >= 0.3 is 6.09 Å². The Kier molecular flexibility index (Phi) is 7.55. The lowest BCUT2D eigenvalue weighted by Gasteiger charge is -2.37. The molecule has 7 heteroatoms. The van der Waals surface area contributed by atoms with Crippen LogP contribution < -0.4 is 5.32 Å². The molecule has 7 nitrogen and oxygen atoms in total. The summed E-state index contributed by atoms with van der Waals surface area (Å²) in [6, 6.07) is 0.0233. The molecule has 1 aliphatic rings. The summed E-state index contributed by atoms with van der Waals surface area (Å²) < 4.78 is 10.9. The van der Waals surface area contributed by atoms with Crippen LogP contribution in [-0.2, 0) is 9.47 Å². The Bertz CT molecular complexity index is 345. The number of carbonyl (C=O) groups excluding carboxylic acids is 1. The van der Waals surface area contributed by atoms with Gasteiger partial charge in [0.15, 0.2) is 0 Å². The fraction of sp³-hybridized carbons (Fsp3) is 0.933. The quantitative estimate of drug-likeness (QED) is 0.654. The lowest BCUT2D eigenvalue weighted by molar-refractivity contribution is -0.0358. The van der Waals surface area contributed by atoms with E-state index in [9.17, 15) is 9.90 Å². The number of nitrogens with zero attached hydrogens (tertiary/aromatic N) is 1. The van der Waals surface area contributed by atoms with Gasteiger partial charge in [0.05, 0.1) is 32.0 Å². The van der Waals surface area contributed by atoms with Gasteiger partial charge in [0, 0.05) is 19.1 Å². The number of hydrogen-bond acceptors (Lipinski definition) is 6. The number of morpholine rings is 1. The first-order chi connectivity index (χ1) is 10.2. The SMILES string of the molecule is CC(CC1COCCN1C(=O)OC(C)(C)C)NCC(O)CO. The summed E-state index contributed by atoms with van der Waals surface area (Å²) in [5.74, 6) is 0. The second kappa shape index (κ2) is 8.67. The van der Waals surface area contributed by atoms with E-state index < -0.39 is 11.7 Å².